The van der Waals surface area contributed by atoms with Crippen LogP contribution in [0.25, 0.3) is 0 Å². The van der Waals surface area contributed by atoms with Crippen molar-refractivity contribution in [1.82, 2.24) is 5.32 Å². The third-order valence-electron chi connectivity index (χ3n) is 3.34. The molecule has 0 amide bonds. The molecule has 1 nitrogen and oxygen atoms in total. The van der Waals surface area contributed by atoms with E-state index < -0.39 is 0 Å². The molecule has 0 spiro atoms. The summed E-state index contributed by atoms with van der Waals surface area (Å²) in [7, 11) is 0. The molecular formula is C14H20ClN. The second-order valence-corrected chi connectivity index (χ2v) is 5.11. The Balaban J connectivity index is 1.71. The lowest BCUT2D eigenvalue weighted by molar-refractivity contribution is 0.375. The molecule has 0 bridgehead atoms. The highest BCUT2D eigenvalue weighted by Crippen LogP contribution is 2.17. The third kappa shape index (κ3) is 3.80. The van der Waals surface area contributed by atoms with Crippen LogP contribution in [0, 0.1) is 0 Å². The van der Waals surface area contributed by atoms with E-state index in [1.54, 1.807) is 0 Å². The second-order valence-electron chi connectivity index (χ2n) is 4.67. The third-order valence-corrected chi connectivity index (χ3v) is 3.58. The number of hydrogen-bond acceptors (Lipinski definition) is 1. The standard InChI is InChI=1S/C14H20ClN/c15-13-6-4-5-12(11-13)9-10-16-14-7-2-1-3-8-14/h4-6,11,14,16H,1-3,7-10H2. The first-order valence-electron chi connectivity index (χ1n) is 6.32. The summed E-state index contributed by atoms with van der Waals surface area (Å²) in [6.07, 6.45) is 8.01. The van der Waals surface area contributed by atoms with Gasteiger partial charge in [0, 0.05) is 11.1 Å². The Kier molecular flexibility index (Phi) is 4.68. The van der Waals surface area contributed by atoms with E-state index >= 15 is 0 Å². The van der Waals surface area contributed by atoms with E-state index in [4.69, 9.17) is 11.6 Å². The van der Waals surface area contributed by atoms with Gasteiger partial charge in [0.05, 0.1) is 0 Å². The van der Waals surface area contributed by atoms with Gasteiger partial charge >= 0.3 is 0 Å². The molecule has 2 heteroatoms. The smallest absolute Gasteiger partial charge is 0.0408 e. The Hall–Kier alpha value is -0.530. The number of halogens is 1. The lowest BCUT2D eigenvalue weighted by Crippen LogP contribution is -2.32. The van der Waals surface area contributed by atoms with Crippen LogP contribution in [-0.4, -0.2) is 12.6 Å². The Bertz CT molecular complexity index is 318. The molecule has 1 aliphatic rings. The number of nitrogens with one attached hydrogen (secondary N) is 1. The number of rotatable bonds is 4. The van der Waals surface area contributed by atoms with Gasteiger partial charge in [-0.15, -0.1) is 0 Å². The fourth-order valence-electron chi connectivity index (χ4n) is 2.42. The molecule has 1 N–H and O–H groups in total. The molecule has 1 aromatic carbocycles. The summed E-state index contributed by atoms with van der Waals surface area (Å²) in [4.78, 5) is 0. The molecular weight excluding hydrogens is 218 g/mol. The van der Waals surface area contributed by atoms with Crippen molar-refractivity contribution in [2.75, 3.05) is 6.54 Å². The van der Waals surface area contributed by atoms with Crippen LogP contribution in [0.15, 0.2) is 24.3 Å². The van der Waals surface area contributed by atoms with E-state index in [1.165, 1.54) is 37.7 Å². The van der Waals surface area contributed by atoms with Crippen LogP contribution in [0.2, 0.25) is 5.02 Å². The molecule has 0 saturated heterocycles. The summed E-state index contributed by atoms with van der Waals surface area (Å²) in [5.41, 5.74) is 1.33. The Morgan fingerprint density at radius 1 is 1.19 bits per heavy atom. The molecule has 0 radical (unpaired) electrons. The summed E-state index contributed by atoms with van der Waals surface area (Å²) in [6, 6.07) is 8.92. The second kappa shape index (κ2) is 6.27. The minimum atomic E-state index is 0.757. The first-order valence-corrected chi connectivity index (χ1v) is 6.70. The lowest BCUT2D eigenvalue weighted by atomic mass is 9.95. The molecule has 16 heavy (non-hydrogen) atoms. The van der Waals surface area contributed by atoms with Crippen molar-refractivity contribution in [2.45, 2.75) is 44.6 Å². The highest BCUT2D eigenvalue weighted by Gasteiger charge is 2.11. The van der Waals surface area contributed by atoms with Gasteiger partial charge in [-0.25, -0.2) is 0 Å². The monoisotopic (exact) mass is 237 g/mol. The van der Waals surface area contributed by atoms with Gasteiger partial charge in [-0.1, -0.05) is 43.0 Å². The maximum absolute atomic E-state index is 5.95. The van der Waals surface area contributed by atoms with Crippen molar-refractivity contribution < 1.29 is 0 Å². The summed E-state index contributed by atoms with van der Waals surface area (Å²) in [5, 5.41) is 4.49. The fourth-order valence-corrected chi connectivity index (χ4v) is 2.63. The van der Waals surface area contributed by atoms with Gasteiger partial charge in [0.1, 0.15) is 0 Å². The molecule has 88 valence electrons. The average molecular weight is 238 g/mol. The van der Waals surface area contributed by atoms with Crippen molar-refractivity contribution in [3.05, 3.63) is 34.9 Å². The lowest BCUT2D eigenvalue weighted by Gasteiger charge is -2.22. The summed E-state index contributed by atoms with van der Waals surface area (Å²) in [5.74, 6) is 0. The quantitative estimate of drug-likeness (QED) is 0.840. The first kappa shape index (κ1) is 11.9. The zero-order valence-corrected chi connectivity index (χ0v) is 10.5. The molecule has 1 aliphatic carbocycles. The molecule has 0 atom stereocenters. The van der Waals surface area contributed by atoms with E-state index in [-0.39, 0.29) is 0 Å². The Labute approximate surface area is 103 Å². The summed E-state index contributed by atoms with van der Waals surface area (Å²) < 4.78 is 0. The maximum atomic E-state index is 5.95. The molecule has 0 unspecified atom stereocenters. The number of hydrogen-bond donors (Lipinski definition) is 1. The van der Waals surface area contributed by atoms with Gasteiger partial charge in [-0.2, -0.15) is 0 Å². The van der Waals surface area contributed by atoms with Crippen molar-refractivity contribution in [3.63, 3.8) is 0 Å². The molecule has 0 aliphatic heterocycles. The van der Waals surface area contributed by atoms with Gasteiger partial charge in [0.15, 0.2) is 0 Å². The SMILES string of the molecule is Clc1cccc(CCNC2CCCCC2)c1. The van der Waals surface area contributed by atoms with Crippen LogP contribution in [0.5, 0.6) is 0 Å². The van der Waals surface area contributed by atoms with Crippen molar-refractivity contribution in [1.29, 1.82) is 0 Å². The van der Waals surface area contributed by atoms with E-state index in [9.17, 15) is 0 Å². The summed E-state index contributed by atoms with van der Waals surface area (Å²) in [6.45, 7) is 1.07. The Morgan fingerprint density at radius 3 is 2.75 bits per heavy atom. The highest BCUT2D eigenvalue weighted by molar-refractivity contribution is 6.30. The van der Waals surface area contributed by atoms with Crippen LogP contribution < -0.4 is 5.32 Å². The molecule has 0 heterocycles. The van der Waals surface area contributed by atoms with E-state index in [2.05, 4.69) is 17.4 Å². The predicted octanol–water partition coefficient (Wildman–Crippen LogP) is 3.80. The Morgan fingerprint density at radius 2 is 2.00 bits per heavy atom. The zero-order chi connectivity index (χ0) is 11.2. The fraction of sp³-hybridized carbons (Fsp3) is 0.571. The molecule has 1 fully saturated rings. The molecule has 2 rings (SSSR count). The van der Waals surface area contributed by atoms with E-state index in [0.29, 0.717) is 0 Å². The minimum absolute atomic E-state index is 0.757. The van der Waals surface area contributed by atoms with Crippen molar-refractivity contribution >= 4 is 11.6 Å². The molecule has 1 aromatic rings. The minimum Gasteiger partial charge on any atom is -0.314 e. The normalized spacial score (nSPS) is 17.6. The highest BCUT2D eigenvalue weighted by atomic mass is 35.5. The van der Waals surface area contributed by atoms with Crippen molar-refractivity contribution in [2.24, 2.45) is 0 Å². The van der Waals surface area contributed by atoms with Crippen LogP contribution in [0.1, 0.15) is 37.7 Å². The van der Waals surface area contributed by atoms with Gasteiger partial charge in [-0.3, -0.25) is 0 Å². The van der Waals surface area contributed by atoms with E-state index in [0.717, 1.165) is 24.0 Å². The zero-order valence-electron chi connectivity index (χ0n) is 9.71. The molecule has 1 saturated carbocycles. The number of benzene rings is 1. The van der Waals surface area contributed by atoms with Gasteiger partial charge < -0.3 is 5.32 Å². The summed E-state index contributed by atoms with van der Waals surface area (Å²) >= 11 is 5.95. The van der Waals surface area contributed by atoms with Crippen LogP contribution in [-0.2, 0) is 6.42 Å². The van der Waals surface area contributed by atoms with Gasteiger partial charge in [-0.05, 0) is 43.5 Å². The topological polar surface area (TPSA) is 12.0 Å². The van der Waals surface area contributed by atoms with Gasteiger partial charge in [0.25, 0.3) is 0 Å². The van der Waals surface area contributed by atoms with E-state index in [1.807, 2.05) is 12.1 Å². The van der Waals surface area contributed by atoms with Crippen LogP contribution in [0.4, 0.5) is 0 Å². The first-order chi connectivity index (χ1) is 7.84. The van der Waals surface area contributed by atoms with Crippen LogP contribution >= 0.6 is 11.6 Å². The maximum Gasteiger partial charge on any atom is 0.0408 e. The largest absolute Gasteiger partial charge is 0.314 e. The molecule has 0 aromatic heterocycles. The average Bonchev–Trinajstić information content (AvgIpc) is 2.30. The van der Waals surface area contributed by atoms with Crippen LogP contribution in [0.3, 0.4) is 0 Å². The van der Waals surface area contributed by atoms with Gasteiger partial charge in [0.2, 0.25) is 0 Å². The van der Waals surface area contributed by atoms with Crippen molar-refractivity contribution in [3.8, 4) is 0 Å². The predicted molar refractivity (Wildman–Crippen MR) is 70.0 cm³/mol.